The van der Waals surface area contributed by atoms with E-state index in [1.54, 1.807) is 0 Å². The molecule has 14 heavy (non-hydrogen) atoms. The lowest BCUT2D eigenvalue weighted by molar-refractivity contribution is -0.132. The smallest absolute Gasteiger partial charge is 0.330 e. The highest BCUT2D eigenvalue weighted by atomic mass is 16.4. The maximum Gasteiger partial charge on any atom is 0.330 e. The third-order valence-electron chi connectivity index (χ3n) is 1.79. The molecule has 76 valence electrons. The highest BCUT2D eigenvalue weighted by Gasteiger charge is 1.90. The standard InChI is InChI=1S/C8H10.C4H6O2/c1-7-5-3-4-6-8(7)2;1-3(2)4(5)6/h3-6H,1-2H3;1H2,2H3,(H,5,6). The molecular formula is C12H16O2. The van der Waals surface area contributed by atoms with Crippen molar-refractivity contribution in [3.05, 3.63) is 47.5 Å². The quantitative estimate of drug-likeness (QED) is 0.694. The third kappa shape index (κ3) is 5.14. The molecule has 1 aromatic carbocycles. The molecule has 1 aromatic rings. The number of benzene rings is 1. The molecule has 1 N–H and O–H groups in total. The largest absolute Gasteiger partial charge is 0.478 e. The van der Waals surface area contributed by atoms with Crippen molar-refractivity contribution < 1.29 is 9.90 Å². The first-order valence-electron chi connectivity index (χ1n) is 4.36. The van der Waals surface area contributed by atoms with Crippen molar-refractivity contribution in [2.45, 2.75) is 20.8 Å². The van der Waals surface area contributed by atoms with Gasteiger partial charge < -0.3 is 5.11 Å². The van der Waals surface area contributed by atoms with Gasteiger partial charge in [0.1, 0.15) is 0 Å². The van der Waals surface area contributed by atoms with Crippen molar-refractivity contribution in [1.29, 1.82) is 0 Å². The summed E-state index contributed by atoms with van der Waals surface area (Å²) in [6.07, 6.45) is 0. The molecule has 0 aliphatic rings. The molecule has 0 amide bonds. The molecule has 0 aliphatic carbocycles. The van der Waals surface area contributed by atoms with Crippen LogP contribution in [0, 0.1) is 13.8 Å². The predicted molar refractivity (Wildman–Crippen MR) is 58.4 cm³/mol. The van der Waals surface area contributed by atoms with Gasteiger partial charge in [0.2, 0.25) is 0 Å². The van der Waals surface area contributed by atoms with Gasteiger partial charge >= 0.3 is 5.97 Å². The number of aryl methyl sites for hydroxylation is 2. The van der Waals surface area contributed by atoms with E-state index in [4.69, 9.17) is 5.11 Å². The van der Waals surface area contributed by atoms with E-state index in [9.17, 15) is 4.79 Å². The van der Waals surface area contributed by atoms with Crippen LogP contribution in [0.2, 0.25) is 0 Å². The molecular weight excluding hydrogens is 176 g/mol. The highest BCUT2D eigenvalue weighted by Crippen LogP contribution is 2.02. The van der Waals surface area contributed by atoms with Crippen molar-refractivity contribution in [3.63, 3.8) is 0 Å². The summed E-state index contributed by atoms with van der Waals surface area (Å²) in [5, 5.41) is 7.89. The minimum Gasteiger partial charge on any atom is -0.478 e. The zero-order chi connectivity index (χ0) is 11.1. The maximum atomic E-state index is 9.60. The molecule has 0 unspecified atom stereocenters. The molecule has 0 bridgehead atoms. The van der Waals surface area contributed by atoms with Gasteiger partial charge in [-0.1, -0.05) is 30.8 Å². The van der Waals surface area contributed by atoms with E-state index >= 15 is 0 Å². The minimum atomic E-state index is -0.935. The molecule has 0 spiro atoms. The van der Waals surface area contributed by atoms with Gasteiger partial charge in [0.25, 0.3) is 0 Å². The second kappa shape index (κ2) is 5.97. The summed E-state index contributed by atoms with van der Waals surface area (Å²) in [6, 6.07) is 8.36. The Bertz CT molecular complexity index is 294. The second-order valence-electron chi connectivity index (χ2n) is 3.17. The van der Waals surface area contributed by atoms with E-state index in [0.717, 1.165) is 0 Å². The molecule has 0 radical (unpaired) electrons. The van der Waals surface area contributed by atoms with Crippen LogP contribution in [0.15, 0.2) is 36.4 Å². The first-order chi connectivity index (χ1) is 6.45. The summed E-state index contributed by atoms with van der Waals surface area (Å²) in [6.45, 7) is 8.84. The molecule has 0 saturated heterocycles. The van der Waals surface area contributed by atoms with Crippen LogP contribution < -0.4 is 0 Å². The number of carbonyl (C=O) groups is 1. The number of carboxylic acid groups (broad SMARTS) is 1. The van der Waals surface area contributed by atoms with Crippen LogP contribution in [-0.2, 0) is 4.79 Å². The SMILES string of the molecule is C=C(C)C(=O)O.Cc1ccccc1C. The Kier molecular flexibility index (Phi) is 5.30. The summed E-state index contributed by atoms with van der Waals surface area (Å²) < 4.78 is 0. The Hall–Kier alpha value is -1.57. The van der Waals surface area contributed by atoms with Crippen LogP contribution in [-0.4, -0.2) is 11.1 Å². The summed E-state index contributed by atoms with van der Waals surface area (Å²) >= 11 is 0. The van der Waals surface area contributed by atoms with Crippen molar-refractivity contribution in [2.75, 3.05) is 0 Å². The van der Waals surface area contributed by atoms with Gasteiger partial charge in [0.15, 0.2) is 0 Å². The lowest BCUT2D eigenvalue weighted by Gasteiger charge is -1.93. The van der Waals surface area contributed by atoms with Crippen molar-refractivity contribution in [1.82, 2.24) is 0 Å². The fourth-order valence-corrected chi connectivity index (χ4v) is 0.663. The fraction of sp³-hybridized carbons (Fsp3) is 0.250. The molecule has 0 saturated carbocycles. The Morgan fingerprint density at radius 3 is 1.64 bits per heavy atom. The van der Waals surface area contributed by atoms with Crippen LogP contribution >= 0.6 is 0 Å². The average Bonchev–Trinajstić information content (AvgIpc) is 2.11. The van der Waals surface area contributed by atoms with Gasteiger partial charge in [-0.3, -0.25) is 0 Å². The molecule has 0 aliphatic heterocycles. The Morgan fingerprint density at radius 1 is 1.21 bits per heavy atom. The molecule has 2 heteroatoms. The summed E-state index contributed by atoms with van der Waals surface area (Å²) in [4.78, 5) is 9.60. The number of hydrogen-bond donors (Lipinski definition) is 1. The average molecular weight is 192 g/mol. The minimum absolute atomic E-state index is 0.176. The summed E-state index contributed by atoms with van der Waals surface area (Å²) in [5.74, 6) is -0.935. The Morgan fingerprint density at radius 2 is 1.50 bits per heavy atom. The van der Waals surface area contributed by atoms with Crippen molar-refractivity contribution >= 4 is 5.97 Å². The lowest BCUT2D eigenvalue weighted by atomic mass is 10.1. The normalized spacial score (nSPS) is 8.50. The van der Waals surface area contributed by atoms with Crippen molar-refractivity contribution in [3.8, 4) is 0 Å². The Balaban J connectivity index is 0.000000255. The summed E-state index contributed by atoms with van der Waals surface area (Å²) in [7, 11) is 0. The van der Waals surface area contributed by atoms with Gasteiger partial charge in [0, 0.05) is 5.57 Å². The van der Waals surface area contributed by atoms with Gasteiger partial charge in [-0.15, -0.1) is 0 Å². The van der Waals surface area contributed by atoms with E-state index in [0.29, 0.717) is 0 Å². The molecule has 2 nitrogen and oxygen atoms in total. The van der Waals surface area contributed by atoms with E-state index < -0.39 is 5.97 Å². The first-order valence-corrected chi connectivity index (χ1v) is 4.36. The molecule has 1 rings (SSSR count). The van der Waals surface area contributed by atoms with Crippen LogP contribution in [0.5, 0.6) is 0 Å². The molecule has 0 fully saturated rings. The van der Waals surface area contributed by atoms with E-state index in [1.165, 1.54) is 18.1 Å². The van der Waals surface area contributed by atoms with Crippen LogP contribution in [0.25, 0.3) is 0 Å². The van der Waals surface area contributed by atoms with E-state index in [2.05, 4.69) is 44.7 Å². The Labute approximate surface area is 84.9 Å². The van der Waals surface area contributed by atoms with Crippen molar-refractivity contribution in [2.24, 2.45) is 0 Å². The number of aliphatic carboxylic acids is 1. The zero-order valence-corrected chi connectivity index (χ0v) is 8.87. The monoisotopic (exact) mass is 192 g/mol. The van der Waals surface area contributed by atoms with Crippen LogP contribution in [0.3, 0.4) is 0 Å². The van der Waals surface area contributed by atoms with E-state index in [-0.39, 0.29) is 5.57 Å². The molecule has 0 heterocycles. The number of hydrogen-bond acceptors (Lipinski definition) is 1. The van der Waals surface area contributed by atoms with Gasteiger partial charge in [-0.2, -0.15) is 0 Å². The highest BCUT2D eigenvalue weighted by molar-refractivity contribution is 5.84. The topological polar surface area (TPSA) is 37.3 Å². The number of carboxylic acids is 1. The third-order valence-corrected chi connectivity index (χ3v) is 1.79. The van der Waals surface area contributed by atoms with Gasteiger partial charge in [-0.05, 0) is 31.9 Å². The van der Waals surface area contributed by atoms with Gasteiger partial charge in [-0.25, -0.2) is 4.79 Å². The fourth-order valence-electron chi connectivity index (χ4n) is 0.663. The van der Waals surface area contributed by atoms with Crippen LogP contribution in [0.1, 0.15) is 18.1 Å². The van der Waals surface area contributed by atoms with Gasteiger partial charge in [0.05, 0.1) is 0 Å². The molecule has 0 atom stereocenters. The maximum absolute atomic E-state index is 9.60. The predicted octanol–water partition coefficient (Wildman–Crippen LogP) is 2.95. The van der Waals surface area contributed by atoms with Crippen LogP contribution in [0.4, 0.5) is 0 Å². The number of rotatable bonds is 1. The summed E-state index contributed by atoms with van der Waals surface area (Å²) in [5.41, 5.74) is 2.91. The zero-order valence-electron chi connectivity index (χ0n) is 8.87. The molecule has 0 aromatic heterocycles. The first kappa shape index (κ1) is 12.4. The second-order valence-corrected chi connectivity index (χ2v) is 3.17. The van der Waals surface area contributed by atoms with E-state index in [1.807, 2.05) is 0 Å². The lowest BCUT2D eigenvalue weighted by Crippen LogP contribution is -1.92.